The maximum atomic E-state index is 5.99. The molecule has 0 saturated carbocycles. The van der Waals surface area contributed by atoms with Crippen LogP contribution in [0, 0.1) is 0 Å². The predicted molar refractivity (Wildman–Crippen MR) is 70.2 cm³/mol. The minimum atomic E-state index is 0.556. The summed E-state index contributed by atoms with van der Waals surface area (Å²) in [6, 6.07) is 6.15. The molecule has 0 spiro atoms. The van der Waals surface area contributed by atoms with Crippen LogP contribution in [0.25, 0.3) is 0 Å². The summed E-state index contributed by atoms with van der Waals surface area (Å²) in [6.45, 7) is 8.18. The second-order valence-corrected chi connectivity index (χ2v) is 4.01. The van der Waals surface area contributed by atoms with Crippen molar-refractivity contribution in [2.75, 3.05) is 25.4 Å². The number of benzene rings is 1. The number of anilines is 1. The van der Waals surface area contributed by atoms with Gasteiger partial charge in [0.25, 0.3) is 0 Å². The zero-order chi connectivity index (χ0) is 12.0. The van der Waals surface area contributed by atoms with Crippen molar-refractivity contribution in [1.29, 1.82) is 0 Å². The monoisotopic (exact) mass is 221 g/mol. The Morgan fingerprint density at radius 1 is 1.19 bits per heavy atom. The lowest BCUT2D eigenvalue weighted by molar-refractivity contribution is 0.308. The first-order valence-electron chi connectivity index (χ1n) is 6.00. The molecule has 0 aliphatic heterocycles. The number of nitrogen functional groups attached to an aromatic ring is 1. The summed E-state index contributed by atoms with van der Waals surface area (Å²) in [5.41, 5.74) is 14.8. The first-order chi connectivity index (χ1) is 7.71. The molecular formula is C13H23N3. The molecule has 0 bridgehead atoms. The number of hydrogen-bond donors (Lipinski definition) is 2. The van der Waals surface area contributed by atoms with Crippen molar-refractivity contribution < 1.29 is 0 Å². The van der Waals surface area contributed by atoms with Gasteiger partial charge in [-0.2, -0.15) is 0 Å². The molecule has 0 aliphatic carbocycles. The summed E-state index contributed by atoms with van der Waals surface area (Å²) in [5.74, 6) is 0. The van der Waals surface area contributed by atoms with E-state index in [1.165, 1.54) is 5.56 Å². The molecule has 0 amide bonds. The summed E-state index contributed by atoms with van der Waals surface area (Å²) >= 11 is 0. The minimum Gasteiger partial charge on any atom is -0.398 e. The average molecular weight is 221 g/mol. The third-order valence-corrected chi connectivity index (χ3v) is 3.04. The molecule has 1 aromatic carbocycles. The van der Waals surface area contributed by atoms with Gasteiger partial charge in [-0.25, -0.2) is 0 Å². The lowest BCUT2D eigenvalue weighted by Gasteiger charge is -2.18. The molecular weight excluding hydrogens is 198 g/mol. The molecule has 0 fully saturated rings. The van der Waals surface area contributed by atoms with Crippen LogP contribution in [0.5, 0.6) is 0 Å². The van der Waals surface area contributed by atoms with Crippen LogP contribution >= 0.6 is 0 Å². The molecule has 16 heavy (non-hydrogen) atoms. The van der Waals surface area contributed by atoms with Gasteiger partial charge >= 0.3 is 0 Å². The van der Waals surface area contributed by atoms with Gasteiger partial charge in [0.05, 0.1) is 0 Å². The molecule has 4 N–H and O–H groups in total. The van der Waals surface area contributed by atoms with E-state index in [1.54, 1.807) is 0 Å². The number of nitrogens with zero attached hydrogens (tertiary/aromatic N) is 1. The smallest absolute Gasteiger partial charge is 0.0350 e. The van der Waals surface area contributed by atoms with Crippen LogP contribution in [0.3, 0.4) is 0 Å². The number of likely N-dealkylation sites (N-methyl/N-ethyl adjacent to an activating group) is 1. The maximum absolute atomic E-state index is 5.99. The molecule has 1 aromatic rings. The van der Waals surface area contributed by atoms with Gasteiger partial charge < -0.3 is 16.4 Å². The fraction of sp³-hybridized carbons (Fsp3) is 0.538. The first kappa shape index (κ1) is 13.0. The van der Waals surface area contributed by atoms with E-state index in [0.29, 0.717) is 6.54 Å². The summed E-state index contributed by atoms with van der Waals surface area (Å²) in [5, 5.41) is 0. The zero-order valence-corrected chi connectivity index (χ0v) is 10.4. The molecule has 3 heteroatoms. The normalized spacial score (nSPS) is 11.0. The SMILES string of the molecule is CCN(CC)CCc1ccc(CN)cc1N. The molecule has 1 rings (SSSR count). The Bertz CT molecular complexity index is 319. The Kier molecular flexibility index (Phi) is 5.29. The van der Waals surface area contributed by atoms with Gasteiger partial charge in [0.15, 0.2) is 0 Å². The van der Waals surface area contributed by atoms with Gasteiger partial charge in [0.1, 0.15) is 0 Å². The molecule has 0 heterocycles. The lowest BCUT2D eigenvalue weighted by Crippen LogP contribution is -2.25. The van der Waals surface area contributed by atoms with E-state index in [4.69, 9.17) is 11.5 Å². The maximum Gasteiger partial charge on any atom is 0.0350 e. The van der Waals surface area contributed by atoms with Gasteiger partial charge in [-0.1, -0.05) is 26.0 Å². The summed E-state index contributed by atoms with van der Waals surface area (Å²) in [4.78, 5) is 2.40. The Labute approximate surface area is 98.4 Å². The summed E-state index contributed by atoms with van der Waals surface area (Å²) in [6.07, 6.45) is 1.01. The highest BCUT2D eigenvalue weighted by atomic mass is 15.1. The standard InChI is InChI=1S/C13H23N3/c1-3-16(4-2)8-7-12-6-5-11(10-14)9-13(12)15/h5-6,9H,3-4,7-8,10,14-15H2,1-2H3. The van der Waals surface area contributed by atoms with Crippen LogP contribution in [0.1, 0.15) is 25.0 Å². The Morgan fingerprint density at radius 2 is 1.88 bits per heavy atom. The molecule has 0 saturated heterocycles. The van der Waals surface area contributed by atoms with Gasteiger partial charge in [0, 0.05) is 18.8 Å². The van der Waals surface area contributed by atoms with Crippen LogP contribution in [0.4, 0.5) is 5.69 Å². The van der Waals surface area contributed by atoms with Crippen LogP contribution in [-0.2, 0) is 13.0 Å². The molecule has 0 radical (unpaired) electrons. The molecule has 0 unspecified atom stereocenters. The van der Waals surface area contributed by atoms with Crippen LogP contribution in [0.15, 0.2) is 18.2 Å². The Morgan fingerprint density at radius 3 is 2.38 bits per heavy atom. The third-order valence-electron chi connectivity index (χ3n) is 3.04. The van der Waals surface area contributed by atoms with Crippen LogP contribution in [-0.4, -0.2) is 24.5 Å². The fourth-order valence-corrected chi connectivity index (χ4v) is 1.82. The van der Waals surface area contributed by atoms with Crippen molar-refractivity contribution in [3.8, 4) is 0 Å². The fourth-order valence-electron chi connectivity index (χ4n) is 1.82. The van der Waals surface area contributed by atoms with E-state index in [-0.39, 0.29) is 0 Å². The first-order valence-corrected chi connectivity index (χ1v) is 6.00. The van der Waals surface area contributed by atoms with Crippen molar-refractivity contribution >= 4 is 5.69 Å². The lowest BCUT2D eigenvalue weighted by atomic mass is 10.1. The van der Waals surface area contributed by atoms with Crippen LogP contribution in [0.2, 0.25) is 0 Å². The minimum absolute atomic E-state index is 0.556. The molecule has 0 aliphatic rings. The largest absolute Gasteiger partial charge is 0.398 e. The molecule has 0 aromatic heterocycles. The quantitative estimate of drug-likeness (QED) is 0.718. The summed E-state index contributed by atoms with van der Waals surface area (Å²) in [7, 11) is 0. The van der Waals surface area contributed by atoms with Crippen LogP contribution < -0.4 is 11.5 Å². The zero-order valence-electron chi connectivity index (χ0n) is 10.4. The highest BCUT2D eigenvalue weighted by Crippen LogP contribution is 2.15. The van der Waals surface area contributed by atoms with Gasteiger partial charge in [-0.15, -0.1) is 0 Å². The van der Waals surface area contributed by atoms with E-state index in [2.05, 4.69) is 30.9 Å². The van der Waals surface area contributed by atoms with E-state index >= 15 is 0 Å². The van der Waals surface area contributed by atoms with E-state index < -0.39 is 0 Å². The number of hydrogen-bond acceptors (Lipinski definition) is 3. The van der Waals surface area contributed by atoms with Gasteiger partial charge in [-0.05, 0) is 36.7 Å². The van der Waals surface area contributed by atoms with E-state index in [9.17, 15) is 0 Å². The van der Waals surface area contributed by atoms with Crippen molar-refractivity contribution in [1.82, 2.24) is 4.90 Å². The van der Waals surface area contributed by atoms with Crippen molar-refractivity contribution in [2.45, 2.75) is 26.8 Å². The topological polar surface area (TPSA) is 55.3 Å². The molecule has 3 nitrogen and oxygen atoms in total. The van der Waals surface area contributed by atoms with E-state index in [1.807, 2.05) is 6.07 Å². The number of rotatable bonds is 6. The third kappa shape index (κ3) is 3.51. The summed E-state index contributed by atoms with van der Waals surface area (Å²) < 4.78 is 0. The van der Waals surface area contributed by atoms with Crippen molar-refractivity contribution in [2.24, 2.45) is 5.73 Å². The van der Waals surface area contributed by atoms with Gasteiger partial charge in [0.2, 0.25) is 0 Å². The van der Waals surface area contributed by atoms with Gasteiger partial charge in [-0.3, -0.25) is 0 Å². The Balaban J connectivity index is 2.60. The highest BCUT2D eigenvalue weighted by molar-refractivity contribution is 5.49. The average Bonchev–Trinajstić information content (AvgIpc) is 2.32. The molecule has 90 valence electrons. The van der Waals surface area contributed by atoms with Crippen molar-refractivity contribution in [3.63, 3.8) is 0 Å². The number of nitrogens with two attached hydrogens (primary N) is 2. The van der Waals surface area contributed by atoms with E-state index in [0.717, 1.165) is 37.3 Å². The second-order valence-electron chi connectivity index (χ2n) is 4.01. The molecule has 0 atom stereocenters. The van der Waals surface area contributed by atoms with Crippen molar-refractivity contribution in [3.05, 3.63) is 29.3 Å². The Hall–Kier alpha value is -1.06. The second kappa shape index (κ2) is 6.51. The predicted octanol–water partition coefficient (Wildman–Crippen LogP) is 1.61. The highest BCUT2D eigenvalue weighted by Gasteiger charge is 2.03.